The van der Waals surface area contributed by atoms with Crippen LogP contribution in [0.25, 0.3) is 0 Å². The summed E-state index contributed by atoms with van der Waals surface area (Å²) in [5, 5.41) is 0. The zero-order chi connectivity index (χ0) is 15.4. The summed E-state index contributed by atoms with van der Waals surface area (Å²) in [4.78, 5) is 26.0. The molecule has 0 aromatic heterocycles. The molecule has 0 aliphatic carbocycles. The van der Waals surface area contributed by atoms with Crippen LogP contribution in [0.15, 0.2) is 50.6 Å². The van der Waals surface area contributed by atoms with E-state index in [9.17, 15) is 9.59 Å². The standard InChI is InChI=1S/C16H20N2O2/c1-5-11-17(15(19)7-3)13-9-10-14-18(12-6-2)16(20)8-4/h5-8H,1-4,11-14H2. The second-order valence-electron chi connectivity index (χ2n) is 3.78. The van der Waals surface area contributed by atoms with Crippen LogP contribution in [-0.4, -0.2) is 47.8 Å². The van der Waals surface area contributed by atoms with E-state index >= 15 is 0 Å². The van der Waals surface area contributed by atoms with Gasteiger partial charge in [0.15, 0.2) is 0 Å². The van der Waals surface area contributed by atoms with E-state index in [1.807, 2.05) is 0 Å². The molecule has 0 spiro atoms. The molecule has 0 radical (unpaired) electrons. The topological polar surface area (TPSA) is 40.6 Å². The smallest absolute Gasteiger partial charge is 0.247 e. The highest BCUT2D eigenvalue weighted by atomic mass is 16.2. The van der Waals surface area contributed by atoms with Crippen LogP contribution in [0.2, 0.25) is 0 Å². The van der Waals surface area contributed by atoms with Crippen molar-refractivity contribution in [3.63, 3.8) is 0 Å². The van der Waals surface area contributed by atoms with Gasteiger partial charge in [0.05, 0.1) is 13.1 Å². The van der Waals surface area contributed by atoms with Crippen molar-refractivity contribution in [1.82, 2.24) is 9.80 Å². The third-order valence-corrected chi connectivity index (χ3v) is 2.34. The molecule has 0 saturated heterocycles. The summed E-state index contributed by atoms with van der Waals surface area (Å²) in [6.07, 6.45) is 5.70. The molecule has 106 valence electrons. The van der Waals surface area contributed by atoms with Crippen molar-refractivity contribution in [2.75, 3.05) is 26.2 Å². The predicted molar refractivity (Wildman–Crippen MR) is 81.7 cm³/mol. The Morgan fingerprint density at radius 3 is 1.40 bits per heavy atom. The molecule has 20 heavy (non-hydrogen) atoms. The SMILES string of the molecule is C=CCN(CC#CCN(CC=C)C(=O)C=C)C(=O)C=C. The summed E-state index contributed by atoms with van der Waals surface area (Å²) in [5.41, 5.74) is 0. The van der Waals surface area contributed by atoms with Crippen LogP contribution in [-0.2, 0) is 9.59 Å². The number of hydrogen-bond donors (Lipinski definition) is 0. The van der Waals surface area contributed by atoms with Gasteiger partial charge in [-0.15, -0.1) is 13.2 Å². The lowest BCUT2D eigenvalue weighted by Crippen LogP contribution is -2.31. The van der Waals surface area contributed by atoms with Crippen molar-refractivity contribution in [3.8, 4) is 11.8 Å². The quantitative estimate of drug-likeness (QED) is 0.380. The van der Waals surface area contributed by atoms with Gasteiger partial charge in [0.25, 0.3) is 0 Å². The highest BCUT2D eigenvalue weighted by molar-refractivity contribution is 5.87. The van der Waals surface area contributed by atoms with Crippen molar-refractivity contribution in [3.05, 3.63) is 50.6 Å². The monoisotopic (exact) mass is 272 g/mol. The molecule has 4 heteroatoms. The Bertz CT molecular complexity index is 415. The van der Waals surface area contributed by atoms with E-state index in [1.54, 1.807) is 12.2 Å². The molecule has 4 nitrogen and oxygen atoms in total. The van der Waals surface area contributed by atoms with Crippen LogP contribution < -0.4 is 0 Å². The fraction of sp³-hybridized carbons (Fsp3) is 0.250. The average Bonchev–Trinajstić information content (AvgIpc) is 2.47. The number of nitrogens with zero attached hydrogens (tertiary/aromatic N) is 2. The van der Waals surface area contributed by atoms with Crippen molar-refractivity contribution < 1.29 is 9.59 Å². The lowest BCUT2D eigenvalue weighted by molar-refractivity contribution is -0.125. The van der Waals surface area contributed by atoms with Crippen LogP contribution >= 0.6 is 0 Å². The molecule has 0 unspecified atom stereocenters. The van der Waals surface area contributed by atoms with Gasteiger partial charge in [-0.2, -0.15) is 0 Å². The number of carbonyl (C=O) groups excluding carboxylic acids is 2. The Hall–Kier alpha value is -2.54. The van der Waals surface area contributed by atoms with Gasteiger partial charge in [0, 0.05) is 13.1 Å². The number of amides is 2. The molecule has 0 heterocycles. The minimum atomic E-state index is -0.204. The molecule has 0 rings (SSSR count). The van der Waals surface area contributed by atoms with E-state index in [0.717, 1.165) is 0 Å². The molecule has 0 N–H and O–H groups in total. The van der Waals surface area contributed by atoms with Gasteiger partial charge in [-0.1, -0.05) is 37.2 Å². The van der Waals surface area contributed by atoms with E-state index in [1.165, 1.54) is 22.0 Å². The van der Waals surface area contributed by atoms with E-state index < -0.39 is 0 Å². The third-order valence-electron chi connectivity index (χ3n) is 2.34. The van der Waals surface area contributed by atoms with Crippen molar-refractivity contribution in [2.45, 2.75) is 0 Å². The Morgan fingerprint density at radius 1 is 0.800 bits per heavy atom. The first-order chi connectivity index (χ1) is 9.60. The number of rotatable bonds is 8. The van der Waals surface area contributed by atoms with Gasteiger partial charge in [-0.3, -0.25) is 9.59 Å². The van der Waals surface area contributed by atoms with Gasteiger partial charge < -0.3 is 9.80 Å². The Morgan fingerprint density at radius 2 is 1.15 bits per heavy atom. The van der Waals surface area contributed by atoms with Gasteiger partial charge >= 0.3 is 0 Å². The van der Waals surface area contributed by atoms with E-state index in [2.05, 4.69) is 38.2 Å². The second kappa shape index (κ2) is 10.4. The predicted octanol–water partition coefficient (Wildman–Crippen LogP) is 1.39. The molecule has 0 aliphatic heterocycles. The van der Waals surface area contributed by atoms with Gasteiger partial charge in [-0.05, 0) is 12.2 Å². The average molecular weight is 272 g/mol. The van der Waals surface area contributed by atoms with Gasteiger partial charge in [-0.25, -0.2) is 0 Å². The Balaban J connectivity index is 4.55. The van der Waals surface area contributed by atoms with Crippen LogP contribution in [0, 0.1) is 11.8 Å². The molecule has 0 atom stereocenters. The summed E-state index contributed by atoms with van der Waals surface area (Å²) in [6.45, 7) is 15.4. The van der Waals surface area contributed by atoms with Crippen LogP contribution in [0.5, 0.6) is 0 Å². The van der Waals surface area contributed by atoms with Crippen molar-refractivity contribution in [2.24, 2.45) is 0 Å². The first-order valence-corrected chi connectivity index (χ1v) is 6.10. The maximum atomic E-state index is 11.5. The summed E-state index contributed by atoms with van der Waals surface area (Å²) in [7, 11) is 0. The maximum absolute atomic E-state index is 11.5. The van der Waals surface area contributed by atoms with Crippen LogP contribution in [0.3, 0.4) is 0 Å². The van der Waals surface area contributed by atoms with Gasteiger partial charge in [0.1, 0.15) is 0 Å². The molecule has 2 amide bonds. The molecular weight excluding hydrogens is 252 g/mol. The van der Waals surface area contributed by atoms with E-state index in [-0.39, 0.29) is 24.9 Å². The fourth-order valence-electron chi connectivity index (χ4n) is 1.34. The van der Waals surface area contributed by atoms with Crippen LogP contribution in [0.4, 0.5) is 0 Å². The minimum absolute atomic E-state index is 0.204. The maximum Gasteiger partial charge on any atom is 0.247 e. The summed E-state index contributed by atoms with van der Waals surface area (Å²) < 4.78 is 0. The third kappa shape index (κ3) is 6.41. The summed E-state index contributed by atoms with van der Waals surface area (Å²) in [5.74, 6) is 5.29. The Labute approximate surface area is 120 Å². The summed E-state index contributed by atoms with van der Waals surface area (Å²) in [6, 6.07) is 0. The fourth-order valence-corrected chi connectivity index (χ4v) is 1.34. The second-order valence-corrected chi connectivity index (χ2v) is 3.78. The minimum Gasteiger partial charge on any atom is -0.324 e. The van der Waals surface area contributed by atoms with Crippen molar-refractivity contribution in [1.29, 1.82) is 0 Å². The van der Waals surface area contributed by atoms with Crippen LogP contribution in [0.1, 0.15) is 0 Å². The van der Waals surface area contributed by atoms with E-state index in [4.69, 9.17) is 0 Å². The molecule has 0 aromatic rings. The zero-order valence-electron chi connectivity index (χ0n) is 11.7. The first-order valence-electron chi connectivity index (χ1n) is 6.10. The molecule has 0 saturated carbocycles. The first kappa shape index (κ1) is 17.5. The Kier molecular flexibility index (Phi) is 9.07. The zero-order valence-corrected chi connectivity index (χ0v) is 11.7. The lowest BCUT2D eigenvalue weighted by atomic mass is 10.4. The van der Waals surface area contributed by atoms with Gasteiger partial charge in [0.2, 0.25) is 11.8 Å². The molecule has 0 fully saturated rings. The molecule has 0 bridgehead atoms. The molecular formula is C16H20N2O2. The highest BCUT2D eigenvalue weighted by Crippen LogP contribution is 1.92. The highest BCUT2D eigenvalue weighted by Gasteiger charge is 2.07. The van der Waals surface area contributed by atoms with Crippen molar-refractivity contribution >= 4 is 11.8 Å². The number of carbonyl (C=O) groups is 2. The number of hydrogen-bond acceptors (Lipinski definition) is 2. The van der Waals surface area contributed by atoms with E-state index in [0.29, 0.717) is 13.1 Å². The molecule has 0 aromatic carbocycles. The normalized spacial score (nSPS) is 8.60. The summed E-state index contributed by atoms with van der Waals surface area (Å²) >= 11 is 0. The lowest BCUT2D eigenvalue weighted by Gasteiger charge is -2.17. The largest absolute Gasteiger partial charge is 0.324 e. The molecule has 0 aliphatic rings.